The van der Waals surface area contributed by atoms with E-state index in [1.165, 1.54) is 19.4 Å². The molecule has 0 bridgehead atoms. The lowest BCUT2D eigenvalue weighted by atomic mass is 10.2. The van der Waals surface area contributed by atoms with E-state index in [0.717, 1.165) is 19.6 Å². The Kier molecular flexibility index (Phi) is 5.45. The Morgan fingerprint density at radius 1 is 1.57 bits per heavy atom. The van der Waals surface area contributed by atoms with Gasteiger partial charge in [0.1, 0.15) is 0 Å². The average Bonchev–Trinajstić information content (AvgIpc) is 2.65. The summed E-state index contributed by atoms with van der Waals surface area (Å²) < 4.78 is 5.33. The van der Waals surface area contributed by atoms with E-state index in [1.54, 1.807) is 0 Å². The summed E-state index contributed by atoms with van der Waals surface area (Å²) in [5.41, 5.74) is 0. The molecule has 0 aromatic rings. The highest BCUT2D eigenvalue weighted by Gasteiger charge is 2.21. The molecule has 3 nitrogen and oxygen atoms in total. The van der Waals surface area contributed by atoms with E-state index < -0.39 is 0 Å². The first-order chi connectivity index (χ1) is 6.76. The Balaban J connectivity index is 2.03. The van der Waals surface area contributed by atoms with Crippen LogP contribution in [0.3, 0.4) is 0 Å². The highest BCUT2D eigenvalue weighted by Crippen LogP contribution is 2.10. The van der Waals surface area contributed by atoms with Crippen LogP contribution in [-0.4, -0.2) is 50.3 Å². The van der Waals surface area contributed by atoms with E-state index in [2.05, 4.69) is 24.1 Å². The Bertz CT molecular complexity index is 152. The van der Waals surface area contributed by atoms with Crippen LogP contribution < -0.4 is 5.32 Å². The smallest absolute Gasteiger partial charge is 0.0710 e. The number of likely N-dealkylation sites (tertiary alicyclic amines) is 1. The molecule has 1 rings (SSSR count). The van der Waals surface area contributed by atoms with Gasteiger partial charge in [-0.25, -0.2) is 0 Å². The summed E-state index contributed by atoms with van der Waals surface area (Å²) in [6.45, 7) is 9.02. The summed E-state index contributed by atoms with van der Waals surface area (Å²) in [7, 11) is 1.81. The standard InChI is InChI=1S/C11H24N2O/c1-4-10(2)12-6-8-13-7-5-11(9-13)14-3/h10-12H,4-9H2,1-3H3. The molecule has 1 saturated heterocycles. The van der Waals surface area contributed by atoms with E-state index in [0.29, 0.717) is 12.1 Å². The van der Waals surface area contributed by atoms with Gasteiger partial charge in [-0.05, 0) is 19.8 Å². The number of hydrogen-bond donors (Lipinski definition) is 1. The van der Waals surface area contributed by atoms with Crippen molar-refractivity contribution in [1.29, 1.82) is 0 Å². The van der Waals surface area contributed by atoms with E-state index >= 15 is 0 Å². The van der Waals surface area contributed by atoms with Gasteiger partial charge in [0.25, 0.3) is 0 Å². The van der Waals surface area contributed by atoms with Gasteiger partial charge in [0, 0.05) is 39.3 Å². The second-order valence-corrected chi connectivity index (χ2v) is 4.21. The average molecular weight is 200 g/mol. The molecule has 0 amide bonds. The molecule has 1 aliphatic rings. The molecule has 0 aromatic heterocycles. The molecule has 1 fully saturated rings. The van der Waals surface area contributed by atoms with Gasteiger partial charge in [0.2, 0.25) is 0 Å². The third-order valence-electron chi connectivity index (χ3n) is 3.10. The molecule has 1 heterocycles. The van der Waals surface area contributed by atoms with E-state index in [1.807, 2.05) is 7.11 Å². The van der Waals surface area contributed by atoms with Crippen molar-refractivity contribution < 1.29 is 4.74 Å². The Hall–Kier alpha value is -0.120. The van der Waals surface area contributed by atoms with Crippen molar-refractivity contribution in [3.8, 4) is 0 Å². The molecule has 0 spiro atoms. The summed E-state index contributed by atoms with van der Waals surface area (Å²) in [5, 5.41) is 3.51. The molecule has 2 unspecified atom stereocenters. The van der Waals surface area contributed by atoms with Crippen molar-refractivity contribution >= 4 is 0 Å². The fourth-order valence-electron chi connectivity index (χ4n) is 1.81. The van der Waals surface area contributed by atoms with E-state index in [9.17, 15) is 0 Å². The molecular weight excluding hydrogens is 176 g/mol. The van der Waals surface area contributed by atoms with Crippen LogP contribution in [0.1, 0.15) is 26.7 Å². The largest absolute Gasteiger partial charge is 0.380 e. The van der Waals surface area contributed by atoms with E-state index in [4.69, 9.17) is 4.74 Å². The Morgan fingerprint density at radius 2 is 2.36 bits per heavy atom. The zero-order valence-electron chi connectivity index (χ0n) is 9.75. The molecule has 0 aromatic carbocycles. The number of methoxy groups -OCH3 is 1. The van der Waals surface area contributed by atoms with Crippen LogP contribution in [0.4, 0.5) is 0 Å². The number of ether oxygens (including phenoxy) is 1. The van der Waals surface area contributed by atoms with Gasteiger partial charge in [-0.3, -0.25) is 4.90 Å². The van der Waals surface area contributed by atoms with Crippen LogP contribution in [0.15, 0.2) is 0 Å². The second kappa shape index (κ2) is 6.38. The third kappa shape index (κ3) is 3.95. The van der Waals surface area contributed by atoms with Gasteiger partial charge < -0.3 is 10.1 Å². The third-order valence-corrected chi connectivity index (χ3v) is 3.10. The molecule has 84 valence electrons. The molecule has 0 saturated carbocycles. The number of nitrogens with zero attached hydrogens (tertiary/aromatic N) is 1. The first-order valence-corrected chi connectivity index (χ1v) is 5.74. The number of rotatable bonds is 6. The van der Waals surface area contributed by atoms with Crippen LogP contribution in [0, 0.1) is 0 Å². The molecule has 1 aliphatic heterocycles. The zero-order valence-corrected chi connectivity index (χ0v) is 9.75. The first kappa shape index (κ1) is 12.0. The molecule has 3 heteroatoms. The number of hydrogen-bond acceptors (Lipinski definition) is 3. The molecule has 14 heavy (non-hydrogen) atoms. The van der Waals surface area contributed by atoms with Gasteiger partial charge in [-0.2, -0.15) is 0 Å². The second-order valence-electron chi connectivity index (χ2n) is 4.21. The maximum absolute atomic E-state index is 5.33. The van der Waals surface area contributed by atoms with Crippen LogP contribution in [0.25, 0.3) is 0 Å². The van der Waals surface area contributed by atoms with Crippen molar-refractivity contribution in [3.63, 3.8) is 0 Å². The minimum Gasteiger partial charge on any atom is -0.380 e. The van der Waals surface area contributed by atoms with Crippen molar-refractivity contribution in [2.75, 3.05) is 33.3 Å². The summed E-state index contributed by atoms with van der Waals surface area (Å²) in [6, 6.07) is 0.649. The first-order valence-electron chi connectivity index (χ1n) is 5.74. The maximum atomic E-state index is 5.33. The Labute approximate surface area is 87.8 Å². The monoisotopic (exact) mass is 200 g/mol. The highest BCUT2D eigenvalue weighted by molar-refractivity contribution is 4.76. The van der Waals surface area contributed by atoms with Crippen molar-refractivity contribution in [2.45, 2.75) is 38.8 Å². The minimum atomic E-state index is 0.471. The fraction of sp³-hybridized carbons (Fsp3) is 1.00. The number of nitrogens with one attached hydrogen (secondary N) is 1. The lowest BCUT2D eigenvalue weighted by molar-refractivity contribution is 0.108. The quantitative estimate of drug-likeness (QED) is 0.695. The van der Waals surface area contributed by atoms with Gasteiger partial charge in [-0.15, -0.1) is 0 Å². The summed E-state index contributed by atoms with van der Waals surface area (Å²) in [6.07, 6.45) is 2.87. The topological polar surface area (TPSA) is 24.5 Å². The molecule has 2 atom stereocenters. The summed E-state index contributed by atoms with van der Waals surface area (Å²) in [4.78, 5) is 2.48. The highest BCUT2D eigenvalue weighted by atomic mass is 16.5. The lowest BCUT2D eigenvalue weighted by Crippen LogP contribution is -2.35. The Morgan fingerprint density at radius 3 is 2.93 bits per heavy atom. The zero-order chi connectivity index (χ0) is 10.4. The molecular formula is C11H24N2O. The van der Waals surface area contributed by atoms with Crippen LogP contribution in [0.2, 0.25) is 0 Å². The summed E-state index contributed by atoms with van der Waals surface area (Å²) >= 11 is 0. The maximum Gasteiger partial charge on any atom is 0.0710 e. The fourth-order valence-corrected chi connectivity index (χ4v) is 1.81. The van der Waals surface area contributed by atoms with Crippen molar-refractivity contribution in [1.82, 2.24) is 10.2 Å². The summed E-state index contributed by atoms with van der Waals surface area (Å²) in [5.74, 6) is 0. The minimum absolute atomic E-state index is 0.471. The van der Waals surface area contributed by atoms with Crippen LogP contribution in [0.5, 0.6) is 0 Å². The van der Waals surface area contributed by atoms with Crippen molar-refractivity contribution in [2.24, 2.45) is 0 Å². The lowest BCUT2D eigenvalue weighted by Gasteiger charge is -2.17. The predicted molar refractivity (Wildman–Crippen MR) is 59.6 cm³/mol. The van der Waals surface area contributed by atoms with Gasteiger partial charge in [0.05, 0.1) is 6.10 Å². The van der Waals surface area contributed by atoms with Crippen LogP contribution in [-0.2, 0) is 4.74 Å². The molecule has 0 radical (unpaired) electrons. The van der Waals surface area contributed by atoms with Gasteiger partial charge >= 0.3 is 0 Å². The van der Waals surface area contributed by atoms with Crippen molar-refractivity contribution in [3.05, 3.63) is 0 Å². The SMILES string of the molecule is CCC(C)NCCN1CCC(OC)C1. The molecule has 1 N–H and O–H groups in total. The van der Waals surface area contributed by atoms with Gasteiger partial charge in [-0.1, -0.05) is 6.92 Å². The van der Waals surface area contributed by atoms with Crippen LogP contribution >= 0.6 is 0 Å². The van der Waals surface area contributed by atoms with Gasteiger partial charge in [0.15, 0.2) is 0 Å². The molecule has 0 aliphatic carbocycles. The predicted octanol–water partition coefficient (Wildman–Crippen LogP) is 1.10. The van der Waals surface area contributed by atoms with E-state index in [-0.39, 0.29) is 0 Å². The normalized spacial score (nSPS) is 25.5.